The lowest BCUT2D eigenvalue weighted by Gasteiger charge is -2.27. The zero-order valence-corrected chi connectivity index (χ0v) is 11.8. The van der Waals surface area contributed by atoms with E-state index in [0.717, 1.165) is 31.7 Å². The maximum atomic E-state index is 11.6. The van der Waals surface area contributed by atoms with Gasteiger partial charge in [0.25, 0.3) is 0 Å². The molecule has 0 bridgehead atoms. The number of hydrogen-bond donors (Lipinski definition) is 2. The average Bonchev–Trinajstić information content (AvgIpc) is 2.49. The molecule has 2 rings (SSSR count). The minimum absolute atomic E-state index is 0.244. The highest BCUT2D eigenvalue weighted by molar-refractivity contribution is 5.88. The van der Waals surface area contributed by atoms with Crippen LogP contribution in [0.15, 0.2) is 12.1 Å². The molecule has 0 atom stereocenters. The van der Waals surface area contributed by atoms with Crippen LogP contribution in [0.2, 0.25) is 0 Å². The minimum atomic E-state index is -0.244. The van der Waals surface area contributed by atoms with Crippen molar-refractivity contribution in [3.8, 4) is 0 Å². The van der Waals surface area contributed by atoms with Crippen molar-refractivity contribution in [1.82, 2.24) is 15.5 Å². The van der Waals surface area contributed by atoms with Gasteiger partial charge in [-0.1, -0.05) is 13.3 Å². The molecule has 1 aliphatic rings. The molecule has 0 spiro atoms. The van der Waals surface area contributed by atoms with Crippen LogP contribution in [0.4, 0.5) is 16.4 Å². The van der Waals surface area contributed by atoms with Gasteiger partial charge in [0, 0.05) is 19.6 Å². The third-order valence-corrected chi connectivity index (χ3v) is 3.04. The minimum Gasteiger partial charge on any atom is -0.378 e. The van der Waals surface area contributed by atoms with Crippen LogP contribution in [0.5, 0.6) is 0 Å². The highest BCUT2D eigenvalue weighted by Gasteiger charge is 2.12. The lowest BCUT2D eigenvalue weighted by atomic mass is 10.3. The molecule has 1 aliphatic heterocycles. The van der Waals surface area contributed by atoms with E-state index in [1.165, 1.54) is 0 Å². The zero-order chi connectivity index (χ0) is 14.2. The Morgan fingerprint density at radius 2 is 2.15 bits per heavy atom. The number of ether oxygens (including phenoxy) is 1. The Morgan fingerprint density at radius 3 is 2.80 bits per heavy atom. The Labute approximate surface area is 118 Å². The number of amides is 2. The predicted molar refractivity (Wildman–Crippen MR) is 77.0 cm³/mol. The fourth-order valence-electron chi connectivity index (χ4n) is 1.89. The van der Waals surface area contributed by atoms with Gasteiger partial charge in [0.1, 0.15) is 0 Å². The van der Waals surface area contributed by atoms with E-state index in [1.54, 1.807) is 6.07 Å². The number of nitrogens with zero attached hydrogens (tertiary/aromatic N) is 3. The Morgan fingerprint density at radius 1 is 1.35 bits per heavy atom. The Kier molecular flexibility index (Phi) is 5.55. The predicted octanol–water partition coefficient (Wildman–Crippen LogP) is 1.23. The number of carbonyl (C=O) groups excluding carboxylic acids is 1. The van der Waals surface area contributed by atoms with E-state index < -0.39 is 0 Å². The fourth-order valence-corrected chi connectivity index (χ4v) is 1.89. The number of carbonyl (C=O) groups is 1. The summed E-state index contributed by atoms with van der Waals surface area (Å²) in [5, 5.41) is 13.6. The molecule has 2 amide bonds. The monoisotopic (exact) mass is 279 g/mol. The lowest BCUT2D eigenvalue weighted by Crippen LogP contribution is -2.37. The van der Waals surface area contributed by atoms with Crippen molar-refractivity contribution in [3.63, 3.8) is 0 Å². The highest BCUT2D eigenvalue weighted by atomic mass is 16.5. The van der Waals surface area contributed by atoms with Crippen LogP contribution in [0, 0.1) is 0 Å². The van der Waals surface area contributed by atoms with E-state index in [0.29, 0.717) is 25.6 Å². The van der Waals surface area contributed by atoms with Gasteiger partial charge in [-0.05, 0) is 18.6 Å². The van der Waals surface area contributed by atoms with E-state index >= 15 is 0 Å². The molecule has 7 nitrogen and oxygen atoms in total. The molecule has 7 heteroatoms. The SMILES string of the molecule is CCCCNC(=O)Nc1ccc(N2CCOCC2)nn1. The number of aromatic nitrogens is 2. The van der Waals surface area contributed by atoms with Gasteiger partial charge in [0.05, 0.1) is 13.2 Å². The summed E-state index contributed by atoms with van der Waals surface area (Å²) >= 11 is 0. The molecule has 110 valence electrons. The number of hydrogen-bond acceptors (Lipinski definition) is 5. The van der Waals surface area contributed by atoms with Crippen molar-refractivity contribution >= 4 is 17.7 Å². The molecule has 1 aromatic heterocycles. The summed E-state index contributed by atoms with van der Waals surface area (Å²) in [4.78, 5) is 13.7. The van der Waals surface area contributed by atoms with Crippen molar-refractivity contribution in [2.45, 2.75) is 19.8 Å². The second-order valence-electron chi connectivity index (χ2n) is 4.61. The molecule has 2 heterocycles. The second-order valence-corrected chi connectivity index (χ2v) is 4.61. The van der Waals surface area contributed by atoms with E-state index in [1.807, 2.05) is 6.07 Å². The summed E-state index contributed by atoms with van der Waals surface area (Å²) in [7, 11) is 0. The number of unbranched alkanes of at least 4 members (excludes halogenated alkanes) is 1. The van der Waals surface area contributed by atoms with E-state index in [2.05, 4.69) is 32.7 Å². The maximum Gasteiger partial charge on any atom is 0.320 e. The summed E-state index contributed by atoms with van der Waals surface area (Å²) in [5.74, 6) is 1.27. The molecule has 0 aromatic carbocycles. The maximum absolute atomic E-state index is 11.6. The van der Waals surface area contributed by atoms with Crippen molar-refractivity contribution in [3.05, 3.63) is 12.1 Å². The van der Waals surface area contributed by atoms with E-state index in [4.69, 9.17) is 4.74 Å². The first kappa shape index (κ1) is 14.5. The zero-order valence-electron chi connectivity index (χ0n) is 11.8. The Bertz CT molecular complexity index is 417. The molecule has 0 saturated carbocycles. The first-order valence-corrected chi connectivity index (χ1v) is 7.01. The van der Waals surface area contributed by atoms with Crippen LogP contribution in [-0.2, 0) is 4.74 Å². The van der Waals surface area contributed by atoms with Gasteiger partial charge in [-0.15, -0.1) is 10.2 Å². The van der Waals surface area contributed by atoms with Crippen LogP contribution >= 0.6 is 0 Å². The van der Waals surface area contributed by atoms with Gasteiger partial charge in [-0.3, -0.25) is 5.32 Å². The molecule has 1 saturated heterocycles. The Hall–Kier alpha value is -1.89. The Balaban J connectivity index is 1.83. The largest absolute Gasteiger partial charge is 0.378 e. The molecule has 1 aromatic rings. The lowest BCUT2D eigenvalue weighted by molar-refractivity contribution is 0.122. The third-order valence-electron chi connectivity index (χ3n) is 3.04. The molecule has 2 N–H and O–H groups in total. The van der Waals surface area contributed by atoms with Gasteiger partial charge in [-0.25, -0.2) is 4.79 Å². The van der Waals surface area contributed by atoms with Gasteiger partial charge in [0.15, 0.2) is 11.6 Å². The van der Waals surface area contributed by atoms with Crippen LogP contribution in [-0.4, -0.2) is 49.1 Å². The summed E-state index contributed by atoms with van der Waals surface area (Å²) in [6, 6.07) is 3.38. The summed E-state index contributed by atoms with van der Waals surface area (Å²) in [5.41, 5.74) is 0. The average molecular weight is 279 g/mol. The molecular weight excluding hydrogens is 258 g/mol. The number of anilines is 2. The molecule has 1 fully saturated rings. The quantitative estimate of drug-likeness (QED) is 0.793. The van der Waals surface area contributed by atoms with Crippen molar-refractivity contribution in [2.75, 3.05) is 43.1 Å². The van der Waals surface area contributed by atoms with E-state index in [-0.39, 0.29) is 6.03 Å². The topological polar surface area (TPSA) is 79.4 Å². The van der Waals surface area contributed by atoms with Gasteiger partial charge < -0.3 is 15.0 Å². The number of morpholine rings is 1. The van der Waals surface area contributed by atoms with Crippen LogP contribution in [0.25, 0.3) is 0 Å². The van der Waals surface area contributed by atoms with Crippen molar-refractivity contribution in [2.24, 2.45) is 0 Å². The molecular formula is C13H21N5O2. The van der Waals surface area contributed by atoms with Gasteiger partial charge >= 0.3 is 6.03 Å². The summed E-state index contributed by atoms with van der Waals surface area (Å²) in [6.45, 7) is 5.80. The molecule has 20 heavy (non-hydrogen) atoms. The van der Waals surface area contributed by atoms with Crippen LogP contribution in [0.1, 0.15) is 19.8 Å². The first-order valence-electron chi connectivity index (χ1n) is 7.01. The fraction of sp³-hybridized carbons (Fsp3) is 0.615. The summed E-state index contributed by atoms with van der Waals surface area (Å²) in [6.07, 6.45) is 2.02. The van der Waals surface area contributed by atoms with Crippen molar-refractivity contribution in [1.29, 1.82) is 0 Å². The number of nitrogens with one attached hydrogen (secondary N) is 2. The van der Waals surface area contributed by atoms with E-state index in [9.17, 15) is 4.79 Å². The van der Waals surface area contributed by atoms with Crippen LogP contribution in [0.3, 0.4) is 0 Å². The van der Waals surface area contributed by atoms with Crippen LogP contribution < -0.4 is 15.5 Å². The number of urea groups is 1. The molecule has 0 aliphatic carbocycles. The normalized spacial score (nSPS) is 14.9. The van der Waals surface area contributed by atoms with Gasteiger partial charge in [-0.2, -0.15) is 0 Å². The first-order chi connectivity index (χ1) is 9.79. The molecule has 0 radical (unpaired) electrons. The third kappa shape index (κ3) is 4.34. The standard InChI is InChI=1S/C13H21N5O2/c1-2-3-6-14-13(19)15-11-4-5-12(17-16-11)18-7-9-20-10-8-18/h4-5H,2-3,6-10H2,1H3,(H2,14,15,16,19). The molecule has 0 unspecified atom stereocenters. The van der Waals surface area contributed by atoms with Crippen molar-refractivity contribution < 1.29 is 9.53 Å². The highest BCUT2D eigenvalue weighted by Crippen LogP contribution is 2.13. The number of rotatable bonds is 5. The smallest absolute Gasteiger partial charge is 0.320 e. The summed E-state index contributed by atoms with van der Waals surface area (Å²) < 4.78 is 5.29. The van der Waals surface area contributed by atoms with Gasteiger partial charge in [0.2, 0.25) is 0 Å². The second kappa shape index (κ2) is 7.64.